The monoisotopic (exact) mass is 289 g/mol. The minimum absolute atomic E-state index is 0.0353. The number of amides is 1. The first-order valence-electron chi connectivity index (χ1n) is 7.81. The maximum absolute atomic E-state index is 12.4. The van der Waals surface area contributed by atoms with Gasteiger partial charge < -0.3 is 9.64 Å². The predicted octanol–water partition coefficient (Wildman–Crippen LogP) is 3.28. The molecule has 21 heavy (non-hydrogen) atoms. The minimum Gasteiger partial charge on any atom is -0.371 e. The molecule has 1 saturated heterocycles. The van der Waals surface area contributed by atoms with Gasteiger partial charge in [-0.05, 0) is 17.9 Å². The van der Waals surface area contributed by atoms with Gasteiger partial charge in [-0.25, -0.2) is 0 Å². The van der Waals surface area contributed by atoms with Gasteiger partial charge in [0.05, 0.1) is 12.2 Å². The van der Waals surface area contributed by atoms with Crippen molar-refractivity contribution < 1.29 is 9.53 Å². The van der Waals surface area contributed by atoms with Gasteiger partial charge in [0.15, 0.2) is 0 Å². The highest BCUT2D eigenvalue weighted by Gasteiger charge is 2.30. The molecule has 0 aliphatic carbocycles. The smallest absolute Gasteiger partial charge is 0.223 e. The van der Waals surface area contributed by atoms with Crippen LogP contribution in [0.25, 0.3) is 0 Å². The van der Waals surface area contributed by atoms with E-state index >= 15 is 0 Å². The van der Waals surface area contributed by atoms with Gasteiger partial charge in [0.2, 0.25) is 5.91 Å². The van der Waals surface area contributed by atoms with Gasteiger partial charge in [0.1, 0.15) is 0 Å². The highest BCUT2D eigenvalue weighted by molar-refractivity contribution is 5.77. The first-order valence-corrected chi connectivity index (χ1v) is 7.81. The number of benzene rings is 1. The fourth-order valence-electron chi connectivity index (χ4n) is 2.80. The molecule has 0 N–H and O–H groups in total. The summed E-state index contributed by atoms with van der Waals surface area (Å²) in [5.74, 6) is 0.246. The zero-order valence-corrected chi connectivity index (χ0v) is 13.6. The predicted molar refractivity (Wildman–Crippen MR) is 85.1 cm³/mol. The number of carbonyl (C=O) groups is 1. The van der Waals surface area contributed by atoms with Gasteiger partial charge in [-0.3, -0.25) is 4.79 Å². The van der Waals surface area contributed by atoms with E-state index in [4.69, 9.17) is 4.74 Å². The Kier molecular flexibility index (Phi) is 5.04. The number of nitrogens with zero attached hydrogens (tertiary/aromatic N) is 1. The molecule has 2 atom stereocenters. The van der Waals surface area contributed by atoms with Gasteiger partial charge in [0.25, 0.3) is 0 Å². The summed E-state index contributed by atoms with van der Waals surface area (Å²) < 4.78 is 6.01. The highest BCUT2D eigenvalue weighted by atomic mass is 16.5. The van der Waals surface area contributed by atoms with Crippen LogP contribution in [0.2, 0.25) is 0 Å². The van der Waals surface area contributed by atoms with Crippen LogP contribution in [0.3, 0.4) is 0 Å². The molecule has 2 unspecified atom stereocenters. The van der Waals surface area contributed by atoms with E-state index in [2.05, 4.69) is 39.8 Å². The van der Waals surface area contributed by atoms with Crippen molar-refractivity contribution in [3.8, 4) is 0 Å². The molecule has 0 saturated carbocycles. The fourth-order valence-corrected chi connectivity index (χ4v) is 2.80. The van der Waals surface area contributed by atoms with Gasteiger partial charge in [-0.15, -0.1) is 0 Å². The normalized spacial score (nSPS) is 23.1. The molecule has 0 aromatic heterocycles. The van der Waals surface area contributed by atoms with Gasteiger partial charge in [-0.1, -0.05) is 51.1 Å². The highest BCUT2D eigenvalue weighted by Crippen LogP contribution is 2.22. The van der Waals surface area contributed by atoms with Crippen molar-refractivity contribution >= 4 is 5.91 Å². The lowest BCUT2D eigenvalue weighted by Crippen LogP contribution is -2.50. The van der Waals surface area contributed by atoms with Crippen molar-refractivity contribution in [3.63, 3.8) is 0 Å². The molecule has 1 aliphatic heterocycles. The summed E-state index contributed by atoms with van der Waals surface area (Å²) in [6.07, 6.45) is 1.67. The topological polar surface area (TPSA) is 29.5 Å². The maximum atomic E-state index is 12.4. The van der Waals surface area contributed by atoms with E-state index in [9.17, 15) is 4.79 Å². The van der Waals surface area contributed by atoms with Crippen molar-refractivity contribution in [1.82, 2.24) is 4.90 Å². The molecule has 0 bridgehead atoms. The van der Waals surface area contributed by atoms with E-state index in [0.29, 0.717) is 19.5 Å². The quantitative estimate of drug-likeness (QED) is 0.854. The van der Waals surface area contributed by atoms with Crippen molar-refractivity contribution in [3.05, 3.63) is 35.9 Å². The van der Waals surface area contributed by atoms with E-state index in [1.165, 1.54) is 5.56 Å². The second-order valence-electron chi connectivity index (χ2n) is 7.29. The lowest BCUT2D eigenvalue weighted by molar-refractivity contribution is -0.146. The summed E-state index contributed by atoms with van der Waals surface area (Å²) in [7, 11) is 0. The number of carbonyl (C=O) groups excluding carboxylic acids is 1. The molecular weight excluding hydrogens is 262 g/mol. The Morgan fingerprint density at radius 1 is 1.24 bits per heavy atom. The number of rotatable bonds is 3. The third kappa shape index (κ3) is 5.16. The van der Waals surface area contributed by atoms with Gasteiger partial charge in [-0.2, -0.15) is 0 Å². The van der Waals surface area contributed by atoms with Crippen molar-refractivity contribution in [2.75, 3.05) is 13.1 Å². The summed E-state index contributed by atoms with van der Waals surface area (Å²) >= 11 is 0. The van der Waals surface area contributed by atoms with Crippen LogP contribution in [-0.4, -0.2) is 36.1 Å². The summed E-state index contributed by atoms with van der Waals surface area (Å²) in [5, 5.41) is 0. The summed E-state index contributed by atoms with van der Waals surface area (Å²) in [5.41, 5.74) is 1.30. The first kappa shape index (κ1) is 16.0. The fraction of sp³-hybridized carbons (Fsp3) is 0.611. The van der Waals surface area contributed by atoms with Crippen molar-refractivity contribution in [2.45, 2.75) is 52.7 Å². The zero-order valence-electron chi connectivity index (χ0n) is 13.6. The molecule has 1 amide bonds. The third-order valence-electron chi connectivity index (χ3n) is 3.67. The van der Waals surface area contributed by atoms with Crippen LogP contribution in [-0.2, 0) is 16.0 Å². The Labute approximate surface area is 128 Å². The SMILES string of the molecule is CC1CN(C(=O)CC(C)(C)C)CC(Cc2ccccc2)O1. The molecule has 3 heteroatoms. The molecule has 0 radical (unpaired) electrons. The van der Waals surface area contributed by atoms with Crippen LogP contribution < -0.4 is 0 Å². The molecule has 2 rings (SSSR count). The van der Waals surface area contributed by atoms with Crippen LogP contribution in [0.15, 0.2) is 30.3 Å². The number of ether oxygens (including phenoxy) is 1. The second-order valence-corrected chi connectivity index (χ2v) is 7.29. The average Bonchev–Trinajstić information content (AvgIpc) is 2.37. The Morgan fingerprint density at radius 3 is 2.52 bits per heavy atom. The summed E-state index contributed by atoms with van der Waals surface area (Å²) in [6.45, 7) is 9.78. The van der Waals surface area contributed by atoms with E-state index in [1.807, 2.05) is 23.1 Å². The molecule has 1 heterocycles. The Bertz CT molecular complexity index is 464. The molecule has 1 aliphatic rings. The number of morpholine rings is 1. The molecule has 116 valence electrons. The average molecular weight is 289 g/mol. The van der Waals surface area contributed by atoms with E-state index < -0.39 is 0 Å². The molecule has 1 fully saturated rings. The van der Waals surface area contributed by atoms with Crippen LogP contribution in [0.1, 0.15) is 39.7 Å². The Hall–Kier alpha value is -1.35. The van der Waals surface area contributed by atoms with Crippen molar-refractivity contribution in [1.29, 1.82) is 0 Å². The molecular formula is C18H27NO2. The maximum Gasteiger partial charge on any atom is 0.223 e. The zero-order chi connectivity index (χ0) is 15.5. The number of hydrogen-bond donors (Lipinski definition) is 0. The van der Waals surface area contributed by atoms with Crippen LogP contribution in [0.4, 0.5) is 0 Å². The number of hydrogen-bond acceptors (Lipinski definition) is 2. The van der Waals surface area contributed by atoms with Crippen LogP contribution in [0, 0.1) is 5.41 Å². The third-order valence-corrected chi connectivity index (χ3v) is 3.67. The molecule has 3 nitrogen and oxygen atoms in total. The molecule has 1 aromatic rings. The standard InChI is InChI=1S/C18H27NO2/c1-14-12-19(17(20)11-18(2,3)4)13-16(21-14)10-15-8-6-5-7-9-15/h5-9,14,16H,10-13H2,1-4H3. The first-order chi connectivity index (χ1) is 9.83. The van der Waals surface area contributed by atoms with Crippen LogP contribution >= 0.6 is 0 Å². The van der Waals surface area contributed by atoms with E-state index in [-0.39, 0.29) is 23.5 Å². The van der Waals surface area contributed by atoms with E-state index in [0.717, 1.165) is 6.42 Å². The second kappa shape index (κ2) is 6.61. The Morgan fingerprint density at radius 2 is 1.90 bits per heavy atom. The van der Waals surface area contributed by atoms with E-state index in [1.54, 1.807) is 0 Å². The van der Waals surface area contributed by atoms with Gasteiger partial charge in [0, 0.05) is 25.9 Å². The van der Waals surface area contributed by atoms with Gasteiger partial charge >= 0.3 is 0 Å². The lowest BCUT2D eigenvalue weighted by atomic mass is 9.91. The molecule has 0 spiro atoms. The summed E-state index contributed by atoms with van der Waals surface area (Å²) in [6, 6.07) is 10.3. The summed E-state index contributed by atoms with van der Waals surface area (Å²) in [4.78, 5) is 14.4. The largest absolute Gasteiger partial charge is 0.371 e. The molecule has 1 aromatic carbocycles. The lowest BCUT2D eigenvalue weighted by Gasteiger charge is -2.38. The minimum atomic E-state index is 0.0353. The van der Waals surface area contributed by atoms with Crippen LogP contribution in [0.5, 0.6) is 0 Å². The Balaban J connectivity index is 1.97. The van der Waals surface area contributed by atoms with Crippen molar-refractivity contribution in [2.24, 2.45) is 5.41 Å².